The lowest BCUT2D eigenvalue weighted by molar-refractivity contribution is -0.144. The first-order chi connectivity index (χ1) is 10.7. The Labute approximate surface area is 130 Å². The topological polar surface area (TPSA) is 49.4 Å². The van der Waals surface area contributed by atoms with Gasteiger partial charge in [-0.2, -0.15) is 13.2 Å². The third-order valence-corrected chi connectivity index (χ3v) is 3.48. The molecule has 8 heteroatoms. The Balaban J connectivity index is 1.84. The van der Waals surface area contributed by atoms with Crippen molar-refractivity contribution < 1.29 is 27.2 Å². The number of nitrogens with zero attached hydrogens (tertiary/aromatic N) is 1. The number of nitrogens with one attached hydrogen (secondary N) is 1. The molecular weight excluding hydrogens is 316 g/mol. The number of rotatable bonds is 5. The van der Waals surface area contributed by atoms with Gasteiger partial charge in [0.15, 0.2) is 0 Å². The van der Waals surface area contributed by atoms with Crippen molar-refractivity contribution >= 4 is 11.8 Å². The van der Waals surface area contributed by atoms with E-state index in [-0.39, 0.29) is 25.4 Å². The summed E-state index contributed by atoms with van der Waals surface area (Å²) >= 11 is 0. The molecule has 1 aromatic rings. The van der Waals surface area contributed by atoms with E-state index in [0.29, 0.717) is 5.56 Å². The number of hydrogen-bond acceptors (Lipinski definition) is 2. The number of alkyl halides is 3. The fourth-order valence-electron chi connectivity index (χ4n) is 2.43. The lowest BCUT2D eigenvalue weighted by Crippen LogP contribution is -2.37. The summed E-state index contributed by atoms with van der Waals surface area (Å²) in [6.07, 6.45) is -6.19. The van der Waals surface area contributed by atoms with E-state index in [1.807, 2.05) is 0 Å². The number of benzene rings is 1. The van der Waals surface area contributed by atoms with E-state index in [0.717, 1.165) is 0 Å². The zero-order chi connectivity index (χ0) is 17.0. The summed E-state index contributed by atoms with van der Waals surface area (Å²) in [7, 11) is 0. The summed E-state index contributed by atoms with van der Waals surface area (Å²) in [5, 5.41) is 2.43. The fraction of sp³-hybridized carbons (Fsp3) is 0.467. The fourth-order valence-corrected chi connectivity index (χ4v) is 2.43. The number of carbonyl (C=O) groups excluding carboxylic acids is 2. The summed E-state index contributed by atoms with van der Waals surface area (Å²) in [4.78, 5) is 24.8. The van der Waals surface area contributed by atoms with Gasteiger partial charge < -0.3 is 10.2 Å². The number of amides is 2. The molecule has 0 saturated carbocycles. The van der Waals surface area contributed by atoms with Crippen molar-refractivity contribution in [1.29, 1.82) is 0 Å². The first-order valence-electron chi connectivity index (χ1n) is 7.11. The molecule has 0 bridgehead atoms. The van der Waals surface area contributed by atoms with Gasteiger partial charge in [0.2, 0.25) is 11.8 Å². The molecule has 1 aliphatic rings. The Morgan fingerprint density at radius 3 is 2.74 bits per heavy atom. The van der Waals surface area contributed by atoms with Crippen molar-refractivity contribution in [2.75, 3.05) is 6.54 Å². The summed E-state index contributed by atoms with van der Waals surface area (Å²) in [5.74, 6) is -1.37. The first-order valence-corrected chi connectivity index (χ1v) is 7.11. The molecular formula is C15H16F4N2O2. The molecule has 1 aliphatic heterocycles. The van der Waals surface area contributed by atoms with Crippen molar-refractivity contribution in [2.24, 2.45) is 0 Å². The summed E-state index contributed by atoms with van der Waals surface area (Å²) in [6.45, 7) is 0.401. The lowest BCUT2D eigenvalue weighted by atomic mass is 10.2. The van der Waals surface area contributed by atoms with E-state index in [1.165, 1.54) is 23.1 Å². The van der Waals surface area contributed by atoms with Crippen LogP contribution in [0, 0.1) is 5.82 Å². The van der Waals surface area contributed by atoms with Crippen molar-refractivity contribution in [3.8, 4) is 0 Å². The van der Waals surface area contributed by atoms with Crippen molar-refractivity contribution in [1.82, 2.24) is 10.2 Å². The van der Waals surface area contributed by atoms with Gasteiger partial charge in [-0.05, 0) is 17.7 Å². The molecule has 2 amide bonds. The van der Waals surface area contributed by atoms with Gasteiger partial charge in [-0.25, -0.2) is 4.39 Å². The van der Waals surface area contributed by atoms with Gasteiger partial charge in [-0.1, -0.05) is 12.1 Å². The molecule has 1 fully saturated rings. The molecule has 0 unspecified atom stereocenters. The Hall–Kier alpha value is -2.12. The number of likely N-dealkylation sites (tertiary alicyclic amines) is 1. The SMILES string of the molecule is O=C(CCC(F)(F)F)N[C@H]1CC(=O)N(Cc2cccc(F)c2)C1. The molecule has 4 nitrogen and oxygen atoms in total. The number of carbonyl (C=O) groups is 2. The Morgan fingerprint density at radius 1 is 1.35 bits per heavy atom. The standard InChI is InChI=1S/C15H16F4N2O2/c16-11-3-1-2-10(6-11)8-21-9-12(7-14(21)23)20-13(22)4-5-15(17,18)19/h1-3,6,12H,4-5,7-9H2,(H,20,22)/t12-/m0/s1. The largest absolute Gasteiger partial charge is 0.389 e. The normalized spacial score (nSPS) is 18.3. The van der Waals surface area contributed by atoms with Crippen LogP contribution in [-0.2, 0) is 16.1 Å². The lowest BCUT2D eigenvalue weighted by Gasteiger charge is -2.17. The average molecular weight is 332 g/mol. The quantitative estimate of drug-likeness (QED) is 0.842. The smallest absolute Gasteiger partial charge is 0.351 e. The van der Waals surface area contributed by atoms with Crippen molar-refractivity contribution in [3.05, 3.63) is 35.6 Å². The maximum atomic E-state index is 13.1. The highest BCUT2D eigenvalue weighted by atomic mass is 19.4. The molecule has 1 aromatic carbocycles. The minimum absolute atomic E-state index is 0.0348. The predicted molar refractivity (Wildman–Crippen MR) is 73.7 cm³/mol. The van der Waals surface area contributed by atoms with Crippen molar-refractivity contribution in [3.63, 3.8) is 0 Å². The van der Waals surface area contributed by atoms with Gasteiger partial charge in [0, 0.05) is 25.9 Å². The van der Waals surface area contributed by atoms with E-state index in [2.05, 4.69) is 5.32 Å². The minimum Gasteiger partial charge on any atom is -0.351 e. The summed E-state index contributed by atoms with van der Waals surface area (Å²) in [5.41, 5.74) is 0.613. The van der Waals surface area contributed by atoms with Gasteiger partial charge >= 0.3 is 6.18 Å². The maximum Gasteiger partial charge on any atom is 0.389 e. The van der Waals surface area contributed by atoms with Gasteiger partial charge in [0.05, 0.1) is 12.5 Å². The van der Waals surface area contributed by atoms with Crippen LogP contribution in [0.5, 0.6) is 0 Å². The first kappa shape index (κ1) is 17.2. The maximum absolute atomic E-state index is 13.1. The monoisotopic (exact) mass is 332 g/mol. The number of halogens is 4. The molecule has 1 N–H and O–H groups in total. The molecule has 0 radical (unpaired) electrons. The third kappa shape index (κ3) is 5.54. The van der Waals surface area contributed by atoms with Crippen LogP contribution in [0.2, 0.25) is 0 Å². The molecule has 23 heavy (non-hydrogen) atoms. The minimum atomic E-state index is -4.38. The van der Waals surface area contributed by atoms with Crippen LogP contribution in [0.15, 0.2) is 24.3 Å². The van der Waals surface area contributed by atoms with E-state index < -0.39 is 36.8 Å². The van der Waals surface area contributed by atoms with E-state index in [9.17, 15) is 27.2 Å². The van der Waals surface area contributed by atoms with Crippen LogP contribution in [0.25, 0.3) is 0 Å². The highest BCUT2D eigenvalue weighted by Crippen LogP contribution is 2.21. The van der Waals surface area contributed by atoms with E-state index in [1.54, 1.807) is 6.07 Å². The van der Waals surface area contributed by atoms with Crippen molar-refractivity contribution in [2.45, 2.75) is 38.0 Å². The van der Waals surface area contributed by atoms with E-state index >= 15 is 0 Å². The Kier molecular flexibility index (Phi) is 5.23. The molecule has 0 aliphatic carbocycles. The van der Waals surface area contributed by atoms with E-state index in [4.69, 9.17) is 0 Å². The van der Waals surface area contributed by atoms with Crippen LogP contribution in [-0.4, -0.2) is 35.5 Å². The zero-order valence-corrected chi connectivity index (χ0v) is 12.2. The van der Waals surface area contributed by atoms with Gasteiger partial charge in [0.25, 0.3) is 0 Å². The highest BCUT2D eigenvalue weighted by molar-refractivity contribution is 5.82. The third-order valence-electron chi connectivity index (χ3n) is 3.48. The molecule has 1 saturated heterocycles. The second kappa shape index (κ2) is 6.97. The number of hydrogen-bond donors (Lipinski definition) is 1. The second-order valence-corrected chi connectivity index (χ2v) is 5.49. The molecule has 0 spiro atoms. The Bertz CT molecular complexity index is 589. The molecule has 0 aromatic heterocycles. The van der Waals surface area contributed by atoms with Crippen LogP contribution in [0.4, 0.5) is 17.6 Å². The Morgan fingerprint density at radius 2 is 2.09 bits per heavy atom. The van der Waals surface area contributed by atoms with Gasteiger partial charge in [-0.15, -0.1) is 0 Å². The van der Waals surface area contributed by atoms with Gasteiger partial charge in [0.1, 0.15) is 5.82 Å². The highest BCUT2D eigenvalue weighted by Gasteiger charge is 2.32. The van der Waals surface area contributed by atoms with Crippen LogP contribution < -0.4 is 5.32 Å². The van der Waals surface area contributed by atoms with Crippen LogP contribution in [0.3, 0.4) is 0 Å². The van der Waals surface area contributed by atoms with Gasteiger partial charge in [-0.3, -0.25) is 9.59 Å². The summed E-state index contributed by atoms with van der Waals surface area (Å²) < 4.78 is 49.3. The molecule has 2 rings (SSSR count). The second-order valence-electron chi connectivity index (χ2n) is 5.49. The van der Waals surface area contributed by atoms with Crippen LogP contribution >= 0.6 is 0 Å². The zero-order valence-electron chi connectivity index (χ0n) is 12.2. The predicted octanol–water partition coefficient (Wildman–Crippen LogP) is 2.39. The van der Waals surface area contributed by atoms with Crippen LogP contribution in [0.1, 0.15) is 24.8 Å². The molecule has 1 heterocycles. The molecule has 126 valence electrons. The average Bonchev–Trinajstić information content (AvgIpc) is 2.76. The summed E-state index contributed by atoms with van der Waals surface area (Å²) in [6, 6.07) is 5.28. The molecule has 1 atom stereocenters.